The van der Waals surface area contributed by atoms with E-state index in [1.54, 1.807) is 0 Å². The molecule has 0 aliphatic carbocycles. The van der Waals surface area contributed by atoms with Crippen LogP contribution >= 0.6 is 0 Å². The van der Waals surface area contributed by atoms with Crippen molar-refractivity contribution in [3.8, 4) is 0 Å². The van der Waals surface area contributed by atoms with Crippen molar-refractivity contribution in [1.82, 2.24) is 5.32 Å². The van der Waals surface area contributed by atoms with Crippen molar-refractivity contribution in [2.75, 3.05) is 13.1 Å². The lowest BCUT2D eigenvalue weighted by Crippen LogP contribution is -2.15. The molecule has 0 aromatic carbocycles. The molecule has 0 heterocycles. The van der Waals surface area contributed by atoms with Gasteiger partial charge in [0.25, 0.3) is 0 Å². The van der Waals surface area contributed by atoms with E-state index in [-0.39, 0.29) is 0 Å². The molecule has 0 aliphatic heterocycles. The van der Waals surface area contributed by atoms with Crippen LogP contribution < -0.4 is 5.32 Å². The monoisotopic (exact) mass is 323 g/mol. The summed E-state index contributed by atoms with van der Waals surface area (Å²) in [7, 11) is 0. The summed E-state index contributed by atoms with van der Waals surface area (Å²) < 4.78 is 0. The third-order valence-corrected chi connectivity index (χ3v) is 4.54. The molecule has 0 rings (SSSR count). The van der Waals surface area contributed by atoms with Gasteiger partial charge in [0.2, 0.25) is 0 Å². The van der Waals surface area contributed by atoms with Gasteiger partial charge < -0.3 is 5.32 Å². The molecule has 1 N–H and O–H groups in total. The molecule has 0 atom stereocenters. The first-order chi connectivity index (χ1) is 11.4. The molecule has 0 saturated heterocycles. The van der Waals surface area contributed by atoms with Crippen molar-refractivity contribution in [3.63, 3.8) is 0 Å². The summed E-state index contributed by atoms with van der Waals surface area (Å²) in [6, 6.07) is 0. The summed E-state index contributed by atoms with van der Waals surface area (Å²) >= 11 is 0. The van der Waals surface area contributed by atoms with Gasteiger partial charge in [0.15, 0.2) is 0 Å². The highest BCUT2D eigenvalue weighted by Gasteiger charge is 1.92. The molecule has 0 bridgehead atoms. The van der Waals surface area contributed by atoms with Gasteiger partial charge in [-0.2, -0.15) is 0 Å². The Morgan fingerprint density at radius 1 is 0.478 bits per heavy atom. The number of hydrogen-bond donors (Lipinski definition) is 1. The molecule has 0 aliphatic rings. The number of allylic oxidation sites excluding steroid dienone is 2. The van der Waals surface area contributed by atoms with Gasteiger partial charge >= 0.3 is 0 Å². The van der Waals surface area contributed by atoms with Crippen LogP contribution in [0.15, 0.2) is 12.2 Å². The van der Waals surface area contributed by atoms with E-state index in [4.69, 9.17) is 0 Å². The quantitative estimate of drug-likeness (QED) is 0.193. The van der Waals surface area contributed by atoms with Crippen LogP contribution in [-0.4, -0.2) is 13.1 Å². The predicted octanol–water partition coefficient (Wildman–Crippen LogP) is 7.41. The molecule has 1 heteroatoms. The van der Waals surface area contributed by atoms with Crippen LogP contribution in [0.2, 0.25) is 0 Å². The lowest BCUT2D eigenvalue weighted by atomic mass is 10.1. The highest BCUT2D eigenvalue weighted by Crippen LogP contribution is 2.10. The van der Waals surface area contributed by atoms with Crippen LogP contribution in [0.25, 0.3) is 0 Å². The summed E-state index contributed by atoms with van der Waals surface area (Å²) in [4.78, 5) is 0. The molecule has 0 fully saturated rings. The van der Waals surface area contributed by atoms with E-state index in [1.165, 1.54) is 116 Å². The van der Waals surface area contributed by atoms with Crippen molar-refractivity contribution in [1.29, 1.82) is 0 Å². The van der Waals surface area contributed by atoms with Gasteiger partial charge in [0, 0.05) is 0 Å². The molecular weight excluding hydrogens is 278 g/mol. The summed E-state index contributed by atoms with van der Waals surface area (Å²) in [6.45, 7) is 6.93. The largest absolute Gasteiger partial charge is 0.317 e. The Labute approximate surface area is 147 Å². The minimum absolute atomic E-state index is 1.19. The molecule has 0 saturated carbocycles. The molecule has 0 amide bonds. The minimum Gasteiger partial charge on any atom is -0.317 e. The van der Waals surface area contributed by atoms with E-state index in [0.29, 0.717) is 0 Å². The molecule has 0 aromatic rings. The third kappa shape index (κ3) is 21.7. The Morgan fingerprint density at radius 2 is 0.957 bits per heavy atom. The highest BCUT2D eigenvalue weighted by molar-refractivity contribution is 4.81. The van der Waals surface area contributed by atoms with Crippen molar-refractivity contribution in [3.05, 3.63) is 12.2 Å². The van der Waals surface area contributed by atoms with Gasteiger partial charge in [0.05, 0.1) is 0 Å². The van der Waals surface area contributed by atoms with Crippen LogP contribution in [0, 0.1) is 0 Å². The first kappa shape index (κ1) is 22.7. The molecule has 0 radical (unpaired) electrons. The van der Waals surface area contributed by atoms with Crippen LogP contribution in [-0.2, 0) is 0 Å². The smallest absolute Gasteiger partial charge is 0.00489 e. The fraction of sp³-hybridized carbons (Fsp3) is 0.909. The SMILES string of the molecule is CCCCCCCC/C=C\CCCCCCCCCNCCC. The summed E-state index contributed by atoms with van der Waals surface area (Å²) in [6.07, 6.45) is 27.1. The number of hydrogen-bond acceptors (Lipinski definition) is 1. The molecule has 23 heavy (non-hydrogen) atoms. The third-order valence-electron chi connectivity index (χ3n) is 4.54. The first-order valence-corrected chi connectivity index (χ1v) is 10.8. The second-order valence-corrected chi connectivity index (χ2v) is 7.04. The van der Waals surface area contributed by atoms with Crippen LogP contribution in [0.3, 0.4) is 0 Å². The highest BCUT2D eigenvalue weighted by atomic mass is 14.8. The van der Waals surface area contributed by atoms with E-state index >= 15 is 0 Å². The summed E-state index contributed by atoms with van der Waals surface area (Å²) in [5, 5.41) is 3.48. The van der Waals surface area contributed by atoms with E-state index in [9.17, 15) is 0 Å². The molecule has 0 aromatic heterocycles. The Hall–Kier alpha value is -0.300. The lowest BCUT2D eigenvalue weighted by Gasteiger charge is -2.03. The number of rotatable bonds is 19. The van der Waals surface area contributed by atoms with Crippen LogP contribution in [0.5, 0.6) is 0 Å². The second-order valence-electron chi connectivity index (χ2n) is 7.04. The van der Waals surface area contributed by atoms with Crippen molar-refractivity contribution < 1.29 is 0 Å². The first-order valence-electron chi connectivity index (χ1n) is 10.8. The number of nitrogens with one attached hydrogen (secondary N) is 1. The molecule has 0 unspecified atom stereocenters. The van der Waals surface area contributed by atoms with Gasteiger partial charge in [-0.15, -0.1) is 0 Å². The van der Waals surface area contributed by atoms with E-state index in [1.807, 2.05) is 0 Å². The zero-order valence-corrected chi connectivity index (χ0v) is 16.4. The Morgan fingerprint density at radius 3 is 1.48 bits per heavy atom. The average Bonchev–Trinajstić information content (AvgIpc) is 2.57. The fourth-order valence-electron chi connectivity index (χ4n) is 2.98. The minimum atomic E-state index is 1.19. The molecule has 1 nitrogen and oxygen atoms in total. The van der Waals surface area contributed by atoms with Gasteiger partial charge in [-0.05, 0) is 51.6 Å². The predicted molar refractivity (Wildman–Crippen MR) is 107 cm³/mol. The molecular formula is C22H45N. The zero-order valence-electron chi connectivity index (χ0n) is 16.4. The zero-order chi connectivity index (χ0) is 16.8. The summed E-state index contributed by atoms with van der Waals surface area (Å²) in [5.74, 6) is 0. The van der Waals surface area contributed by atoms with E-state index in [0.717, 1.165) is 0 Å². The van der Waals surface area contributed by atoms with Gasteiger partial charge in [-0.3, -0.25) is 0 Å². The maximum absolute atomic E-state index is 3.48. The van der Waals surface area contributed by atoms with Gasteiger partial charge in [-0.25, -0.2) is 0 Å². The summed E-state index contributed by atoms with van der Waals surface area (Å²) in [5.41, 5.74) is 0. The Bertz CT molecular complexity index is 222. The lowest BCUT2D eigenvalue weighted by molar-refractivity contribution is 0.557. The normalized spacial score (nSPS) is 11.6. The molecule has 138 valence electrons. The maximum atomic E-state index is 3.48. The molecule has 0 spiro atoms. The maximum Gasteiger partial charge on any atom is -0.00489 e. The van der Waals surface area contributed by atoms with Crippen molar-refractivity contribution >= 4 is 0 Å². The fourth-order valence-corrected chi connectivity index (χ4v) is 2.98. The van der Waals surface area contributed by atoms with Gasteiger partial charge in [0.1, 0.15) is 0 Å². The number of unbranched alkanes of at least 4 members (excludes halogenated alkanes) is 13. The van der Waals surface area contributed by atoms with E-state index in [2.05, 4.69) is 31.3 Å². The Balaban J connectivity index is 3.02. The average molecular weight is 324 g/mol. The topological polar surface area (TPSA) is 12.0 Å². The van der Waals surface area contributed by atoms with Crippen molar-refractivity contribution in [2.24, 2.45) is 0 Å². The second kappa shape index (κ2) is 21.7. The van der Waals surface area contributed by atoms with E-state index < -0.39 is 0 Å². The standard InChI is InChI=1S/C22H45N/c1-3-5-6-7-8-9-10-11-12-13-14-15-16-17-18-19-20-22-23-21-4-2/h11-12,23H,3-10,13-22H2,1-2H3/b12-11-. The van der Waals surface area contributed by atoms with Gasteiger partial charge in [-0.1, -0.05) is 90.2 Å². The Kier molecular flexibility index (Phi) is 21.4. The van der Waals surface area contributed by atoms with Crippen LogP contribution in [0.4, 0.5) is 0 Å². The van der Waals surface area contributed by atoms with Crippen molar-refractivity contribution in [2.45, 2.75) is 117 Å². The van der Waals surface area contributed by atoms with Crippen LogP contribution in [0.1, 0.15) is 117 Å².